The van der Waals surface area contributed by atoms with Crippen molar-refractivity contribution in [3.05, 3.63) is 24.3 Å². The monoisotopic (exact) mass is 214 g/mol. The van der Waals surface area contributed by atoms with Gasteiger partial charge in [-0.25, -0.2) is 9.59 Å². The second kappa shape index (κ2) is 10.5. The summed E-state index contributed by atoms with van der Waals surface area (Å²) in [5, 5.41) is 16.0. The molecular formula is C11H18O4. The minimum Gasteiger partial charge on any atom is -0.478 e. The smallest absolute Gasteiger partial charge is 0.330 e. The summed E-state index contributed by atoms with van der Waals surface area (Å²) < 4.78 is 0. The summed E-state index contributed by atoms with van der Waals surface area (Å²) in [5.74, 6) is -1.79. The molecular weight excluding hydrogens is 196 g/mol. The Balaban J connectivity index is 0. The van der Waals surface area contributed by atoms with Crippen molar-refractivity contribution < 1.29 is 19.8 Å². The molecule has 0 spiro atoms. The molecule has 0 aromatic heterocycles. The topological polar surface area (TPSA) is 74.6 Å². The van der Waals surface area contributed by atoms with Crippen LogP contribution >= 0.6 is 0 Å². The van der Waals surface area contributed by atoms with Crippen LogP contribution in [-0.2, 0) is 9.59 Å². The lowest BCUT2D eigenvalue weighted by Crippen LogP contribution is -1.92. The Morgan fingerprint density at radius 3 is 2.07 bits per heavy atom. The van der Waals surface area contributed by atoms with Crippen molar-refractivity contribution >= 4 is 11.9 Å². The third kappa shape index (κ3) is 19.0. The molecule has 0 rings (SSSR count). The summed E-state index contributed by atoms with van der Waals surface area (Å²) in [7, 11) is 0. The lowest BCUT2D eigenvalue weighted by molar-refractivity contribution is -0.133. The highest BCUT2D eigenvalue weighted by atomic mass is 16.4. The summed E-state index contributed by atoms with van der Waals surface area (Å²) in [6.45, 7) is 6.68. The molecule has 0 saturated heterocycles. The number of rotatable bonds is 5. The number of hydrogen-bond acceptors (Lipinski definition) is 2. The second-order valence-electron chi connectivity index (χ2n) is 2.97. The van der Waals surface area contributed by atoms with Gasteiger partial charge in [-0.15, -0.1) is 0 Å². The van der Waals surface area contributed by atoms with E-state index in [0.717, 1.165) is 19.3 Å². The van der Waals surface area contributed by atoms with Crippen LogP contribution in [-0.4, -0.2) is 22.2 Å². The van der Waals surface area contributed by atoms with Gasteiger partial charge in [-0.1, -0.05) is 32.4 Å². The van der Waals surface area contributed by atoms with Crippen LogP contribution in [0, 0.1) is 0 Å². The van der Waals surface area contributed by atoms with Crippen LogP contribution in [0.4, 0.5) is 0 Å². The third-order valence-electron chi connectivity index (χ3n) is 1.35. The molecule has 4 nitrogen and oxygen atoms in total. The average Bonchev–Trinajstić information content (AvgIpc) is 2.13. The molecule has 0 aliphatic heterocycles. The van der Waals surface area contributed by atoms with Crippen LogP contribution in [0.3, 0.4) is 0 Å². The summed E-state index contributed by atoms with van der Waals surface area (Å²) in [6.07, 6.45) is 5.94. The van der Waals surface area contributed by atoms with Gasteiger partial charge >= 0.3 is 11.9 Å². The zero-order chi connectivity index (χ0) is 12.3. The van der Waals surface area contributed by atoms with Gasteiger partial charge in [-0.3, -0.25) is 0 Å². The maximum absolute atomic E-state index is 9.88. The van der Waals surface area contributed by atoms with Gasteiger partial charge in [0.1, 0.15) is 0 Å². The van der Waals surface area contributed by atoms with E-state index < -0.39 is 11.9 Å². The Labute approximate surface area is 89.9 Å². The number of unbranched alkanes of at least 4 members (excludes halogenated alkanes) is 2. The first kappa shape index (κ1) is 15.9. The van der Waals surface area contributed by atoms with Crippen molar-refractivity contribution in [2.75, 3.05) is 0 Å². The highest BCUT2D eigenvalue weighted by Crippen LogP contribution is 1.93. The Bertz CT molecular complexity index is 229. The van der Waals surface area contributed by atoms with Crippen LogP contribution in [0.5, 0.6) is 0 Å². The molecule has 0 fully saturated rings. The van der Waals surface area contributed by atoms with Gasteiger partial charge in [-0.2, -0.15) is 0 Å². The number of carboxylic acids is 2. The molecule has 0 radical (unpaired) electrons. The largest absolute Gasteiger partial charge is 0.478 e. The molecule has 0 heterocycles. The van der Waals surface area contributed by atoms with Gasteiger partial charge in [-0.05, 0) is 13.3 Å². The summed E-state index contributed by atoms with van der Waals surface area (Å²) in [5.41, 5.74) is 0.176. The van der Waals surface area contributed by atoms with E-state index in [0.29, 0.717) is 0 Å². The van der Waals surface area contributed by atoms with Crippen LogP contribution in [0.1, 0.15) is 33.1 Å². The van der Waals surface area contributed by atoms with Crippen molar-refractivity contribution in [1.29, 1.82) is 0 Å². The van der Waals surface area contributed by atoms with Crippen molar-refractivity contribution in [2.45, 2.75) is 33.1 Å². The van der Waals surface area contributed by atoms with Gasteiger partial charge < -0.3 is 10.2 Å². The molecule has 0 aliphatic rings. The highest BCUT2D eigenvalue weighted by molar-refractivity contribution is 5.84. The molecule has 2 N–H and O–H groups in total. The zero-order valence-electron chi connectivity index (χ0n) is 9.19. The predicted octanol–water partition coefficient (Wildman–Crippen LogP) is 2.46. The first-order chi connectivity index (χ1) is 6.91. The Morgan fingerprint density at radius 2 is 1.80 bits per heavy atom. The van der Waals surface area contributed by atoms with Crippen LogP contribution in [0.2, 0.25) is 0 Å². The molecule has 0 amide bonds. The molecule has 0 bridgehead atoms. The lowest BCUT2D eigenvalue weighted by atomic mass is 10.2. The van der Waals surface area contributed by atoms with E-state index in [9.17, 15) is 9.59 Å². The number of carboxylic acid groups (broad SMARTS) is 2. The molecule has 0 atom stereocenters. The van der Waals surface area contributed by atoms with Gasteiger partial charge in [0.15, 0.2) is 0 Å². The van der Waals surface area contributed by atoms with Crippen molar-refractivity contribution in [3.8, 4) is 0 Å². The lowest BCUT2D eigenvalue weighted by Gasteiger charge is -1.85. The van der Waals surface area contributed by atoms with E-state index in [-0.39, 0.29) is 5.57 Å². The van der Waals surface area contributed by atoms with E-state index in [1.165, 1.54) is 13.0 Å². The van der Waals surface area contributed by atoms with Crippen molar-refractivity contribution in [2.24, 2.45) is 0 Å². The predicted molar refractivity (Wildman–Crippen MR) is 58.8 cm³/mol. The average molecular weight is 214 g/mol. The SMILES string of the molecule is C=C(C)C(=O)O.CCCCC=CC(=O)O. The fourth-order valence-corrected chi connectivity index (χ4v) is 0.506. The summed E-state index contributed by atoms with van der Waals surface area (Å²) in [4.78, 5) is 19.5. The maximum Gasteiger partial charge on any atom is 0.330 e. The standard InChI is InChI=1S/C7H12O2.C4H6O2/c1-2-3-4-5-6-7(8)9;1-3(2)4(5)6/h5-6H,2-4H2,1H3,(H,8,9);1H2,2H3,(H,5,6). The minimum absolute atomic E-state index is 0.176. The second-order valence-corrected chi connectivity index (χ2v) is 2.97. The summed E-state index contributed by atoms with van der Waals surface area (Å²) in [6, 6.07) is 0. The van der Waals surface area contributed by atoms with E-state index in [4.69, 9.17) is 10.2 Å². The maximum atomic E-state index is 9.88. The number of carbonyl (C=O) groups is 2. The molecule has 4 heteroatoms. The summed E-state index contributed by atoms with van der Waals surface area (Å²) >= 11 is 0. The minimum atomic E-state index is -0.935. The van der Waals surface area contributed by atoms with Gasteiger partial charge in [0.05, 0.1) is 0 Å². The van der Waals surface area contributed by atoms with Gasteiger partial charge in [0.25, 0.3) is 0 Å². The molecule has 0 unspecified atom stereocenters. The Morgan fingerprint density at radius 1 is 1.33 bits per heavy atom. The molecule has 0 saturated carbocycles. The number of allylic oxidation sites excluding steroid dienone is 1. The van der Waals surface area contributed by atoms with Crippen molar-refractivity contribution in [3.63, 3.8) is 0 Å². The number of hydrogen-bond donors (Lipinski definition) is 2. The molecule has 0 aliphatic carbocycles. The van der Waals surface area contributed by atoms with E-state index in [2.05, 4.69) is 13.5 Å². The van der Waals surface area contributed by atoms with E-state index in [1.54, 1.807) is 6.08 Å². The first-order valence-corrected chi connectivity index (χ1v) is 4.70. The quantitative estimate of drug-likeness (QED) is 0.544. The van der Waals surface area contributed by atoms with Gasteiger partial charge in [0, 0.05) is 11.6 Å². The molecule has 15 heavy (non-hydrogen) atoms. The van der Waals surface area contributed by atoms with Crippen LogP contribution in [0.25, 0.3) is 0 Å². The third-order valence-corrected chi connectivity index (χ3v) is 1.35. The van der Waals surface area contributed by atoms with E-state index in [1.807, 2.05) is 0 Å². The number of aliphatic carboxylic acids is 2. The van der Waals surface area contributed by atoms with Crippen LogP contribution < -0.4 is 0 Å². The molecule has 0 aromatic rings. The fraction of sp³-hybridized carbons (Fsp3) is 0.455. The molecule has 86 valence electrons. The normalized spacial score (nSPS) is 9.20. The van der Waals surface area contributed by atoms with Crippen LogP contribution in [0.15, 0.2) is 24.3 Å². The molecule has 0 aromatic carbocycles. The Kier molecular flexibility index (Phi) is 11.1. The van der Waals surface area contributed by atoms with Gasteiger partial charge in [0.2, 0.25) is 0 Å². The first-order valence-electron chi connectivity index (χ1n) is 4.70. The van der Waals surface area contributed by atoms with Crippen molar-refractivity contribution in [1.82, 2.24) is 0 Å². The van der Waals surface area contributed by atoms with E-state index >= 15 is 0 Å². The fourth-order valence-electron chi connectivity index (χ4n) is 0.506. The zero-order valence-corrected chi connectivity index (χ0v) is 9.19. The highest BCUT2D eigenvalue weighted by Gasteiger charge is 1.90. The Hall–Kier alpha value is -1.58.